The normalized spacial score (nSPS) is 21.7. The molecule has 0 bridgehead atoms. The van der Waals surface area contributed by atoms with Crippen LogP contribution in [0.2, 0.25) is 0 Å². The fourth-order valence-corrected chi connectivity index (χ4v) is 2.72. The minimum Gasteiger partial charge on any atom is -0.396 e. The van der Waals surface area contributed by atoms with Gasteiger partial charge in [-0.2, -0.15) is 11.8 Å². The summed E-state index contributed by atoms with van der Waals surface area (Å²) in [6.07, 6.45) is 0. The quantitative estimate of drug-likeness (QED) is 0.750. The Labute approximate surface area is 94.0 Å². The Morgan fingerprint density at radius 3 is 2.93 bits per heavy atom. The van der Waals surface area contributed by atoms with Gasteiger partial charge >= 0.3 is 0 Å². The first-order valence-corrected chi connectivity index (χ1v) is 6.20. The molecule has 5 heteroatoms. The molecule has 2 heterocycles. The molecule has 1 saturated heterocycles. The molecule has 4 N–H and O–H groups in total. The van der Waals surface area contributed by atoms with Gasteiger partial charge in [-0.25, -0.2) is 4.98 Å². The number of hydrogen-bond donors (Lipinski definition) is 2. The zero-order valence-electron chi connectivity index (χ0n) is 8.81. The molecular formula is C10H16N4S. The molecular weight excluding hydrogens is 208 g/mol. The largest absolute Gasteiger partial charge is 0.396 e. The number of pyridine rings is 1. The van der Waals surface area contributed by atoms with Crippen molar-refractivity contribution in [1.82, 2.24) is 4.98 Å². The van der Waals surface area contributed by atoms with Gasteiger partial charge in [-0.05, 0) is 19.1 Å². The lowest BCUT2D eigenvalue weighted by molar-refractivity contribution is 0.690. The molecule has 2 rings (SSSR count). The highest BCUT2D eigenvalue weighted by atomic mass is 32.2. The van der Waals surface area contributed by atoms with E-state index in [1.54, 1.807) is 0 Å². The Morgan fingerprint density at radius 2 is 2.27 bits per heavy atom. The standard InChI is InChI=1S/C10H16N4S/c1-7-6-15-5-4-14(7)9-3-2-8(11)10(12)13-9/h2-3,7H,4-6,11H2,1H3,(H2,12,13). The summed E-state index contributed by atoms with van der Waals surface area (Å²) >= 11 is 1.98. The van der Waals surface area contributed by atoms with Crippen LogP contribution in [0.4, 0.5) is 17.3 Å². The maximum atomic E-state index is 5.70. The number of anilines is 3. The van der Waals surface area contributed by atoms with Crippen molar-refractivity contribution in [2.45, 2.75) is 13.0 Å². The molecule has 1 fully saturated rings. The lowest BCUT2D eigenvalue weighted by Crippen LogP contribution is -2.40. The number of rotatable bonds is 1. The van der Waals surface area contributed by atoms with Crippen molar-refractivity contribution in [3.05, 3.63) is 12.1 Å². The van der Waals surface area contributed by atoms with Crippen LogP contribution in [0.25, 0.3) is 0 Å². The van der Waals surface area contributed by atoms with E-state index < -0.39 is 0 Å². The summed E-state index contributed by atoms with van der Waals surface area (Å²) < 4.78 is 0. The molecule has 1 aromatic rings. The van der Waals surface area contributed by atoms with Gasteiger partial charge in [0, 0.05) is 24.1 Å². The molecule has 0 spiro atoms. The Hall–Kier alpha value is -1.10. The first-order valence-electron chi connectivity index (χ1n) is 5.05. The average Bonchev–Trinajstić information content (AvgIpc) is 2.23. The minimum atomic E-state index is 0.429. The molecule has 0 radical (unpaired) electrons. The molecule has 0 amide bonds. The molecule has 1 aliphatic rings. The highest BCUT2D eigenvalue weighted by Crippen LogP contribution is 2.24. The van der Waals surface area contributed by atoms with Gasteiger partial charge in [0.2, 0.25) is 0 Å². The van der Waals surface area contributed by atoms with Crippen LogP contribution in [0.5, 0.6) is 0 Å². The van der Waals surface area contributed by atoms with E-state index >= 15 is 0 Å². The van der Waals surface area contributed by atoms with E-state index in [9.17, 15) is 0 Å². The smallest absolute Gasteiger partial charge is 0.149 e. The molecule has 4 nitrogen and oxygen atoms in total. The first-order chi connectivity index (χ1) is 7.18. The summed E-state index contributed by atoms with van der Waals surface area (Å²) in [4.78, 5) is 6.60. The van der Waals surface area contributed by atoms with E-state index in [2.05, 4.69) is 16.8 Å². The van der Waals surface area contributed by atoms with Crippen LogP contribution in [0.1, 0.15) is 6.92 Å². The molecule has 1 atom stereocenters. The molecule has 1 aromatic heterocycles. The maximum Gasteiger partial charge on any atom is 0.149 e. The van der Waals surface area contributed by atoms with E-state index in [4.69, 9.17) is 11.5 Å². The van der Waals surface area contributed by atoms with E-state index in [1.165, 1.54) is 0 Å². The molecule has 1 unspecified atom stereocenters. The van der Waals surface area contributed by atoms with Crippen molar-refractivity contribution in [3.8, 4) is 0 Å². The Kier molecular flexibility index (Phi) is 2.90. The van der Waals surface area contributed by atoms with Crippen LogP contribution >= 0.6 is 11.8 Å². The maximum absolute atomic E-state index is 5.70. The van der Waals surface area contributed by atoms with Gasteiger partial charge in [-0.3, -0.25) is 0 Å². The van der Waals surface area contributed by atoms with E-state index in [0.717, 1.165) is 23.9 Å². The van der Waals surface area contributed by atoms with E-state index in [-0.39, 0.29) is 0 Å². The van der Waals surface area contributed by atoms with Crippen LogP contribution in [0.3, 0.4) is 0 Å². The third kappa shape index (κ3) is 2.12. The zero-order chi connectivity index (χ0) is 10.8. The van der Waals surface area contributed by atoms with Crippen LogP contribution in [-0.2, 0) is 0 Å². The fourth-order valence-electron chi connectivity index (χ4n) is 1.70. The molecule has 0 aliphatic carbocycles. The Bertz CT molecular complexity index is 355. The number of nitrogens with two attached hydrogens (primary N) is 2. The topological polar surface area (TPSA) is 68.2 Å². The van der Waals surface area contributed by atoms with Crippen LogP contribution in [0, 0.1) is 0 Å². The molecule has 15 heavy (non-hydrogen) atoms. The van der Waals surface area contributed by atoms with Crippen molar-refractivity contribution in [3.63, 3.8) is 0 Å². The summed E-state index contributed by atoms with van der Waals surface area (Å²) in [7, 11) is 0. The Balaban J connectivity index is 2.24. The highest BCUT2D eigenvalue weighted by molar-refractivity contribution is 7.99. The number of hydrogen-bond acceptors (Lipinski definition) is 5. The molecule has 82 valence electrons. The second kappa shape index (κ2) is 4.18. The summed E-state index contributed by atoms with van der Waals surface area (Å²) in [5.41, 5.74) is 11.9. The number of thioether (sulfide) groups is 1. The summed E-state index contributed by atoms with van der Waals surface area (Å²) in [5.74, 6) is 3.66. The number of nitrogens with zero attached hydrogens (tertiary/aromatic N) is 2. The van der Waals surface area contributed by atoms with Crippen LogP contribution in [-0.4, -0.2) is 29.1 Å². The lowest BCUT2D eigenvalue weighted by atomic mass is 10.3. The van der Waals surface area contributed by atoms with Crippen LogP contribution in [0.15, 0.2) is 12.1 Å². The summed E-state index contributed by atoms with van der Waals surface area (Å²) in [6.45, 7) is 3.24. The predicted molar refractivity (Wildman–Crippen MR) is 67.2 cm³/mol. The van der Waals surface area contributed by atoms with Gasteiger partial charge in [0.1, 0.15) is 11.6 Å². The number of nitrogen functional groups attached to an aromatic ring is 2. The van der Waals surface area contributed by atoms with Gasteiger partial charge in [0.25, 0.3) is 0 Å². The first kappa shape index (κ1) is 10.4. The van der Waals surface area contributed by atoms with Gasteiger partial charge in [0.15, 0.2) is 0 Å². The van der Waals surface area contributed by atoms with Crippen molar-refractivity contribution >= 4 is 29.1 Å². The molecule has 1 aliphatic heterocycles. The third-order valence-corrected chi connectivity index (χ3v) is 3.79. The molecule has 0 aromatic carbocycles. The third-order valence-electron chi connectivity index (χ3n) is 2.60. The minimum absolute atomic E-state index is 0.429. The number of aromatic nitrogens is 1. The summed E-state index contributed by atoms with van der Waals surface area (Å²) in [6, 6.07) is 4.28. The monoisotopic (exact) mass is 224 g/mol. The predicted octanol–water partition coefficient (Wildman–Crippen LogP) is 1.19. The zero-order valence-corrected chi connectivity index (χ0v) is 9.63. The molecule has 0 saturated carbocycles. The lowest BCUT2D eigenvalue weighted by Gasteiger charge is -2.34. The van der Waals surface area contributed by atoms with Crippen molar-refractivity contribution in [1.29, 1.82) is 0 Å². The van der Waals surface area contributed by atoms with Gasteiger partial charge in [-0.15, -0.1) is 0 Å². The fraction of sp³-hybridized carbons (Fsp3) is 0.500. The second-order valence-electron chi connectivity index (χ2n) is 3.76. The van der Waals surface area contributed by atoms with Gasteiger partial charge in [0.05, 0.1) is 5.69 Å². The van der Waals surface area contributed by atoms with Crippen molar-refractivity contribution in [2.24, 2.45) is 0 Å². The van der Waals surface area contributed by atoms with Gasteiger partial charge in [-0.1, -0.05) is 0 Å². The van der Waals surface area contributed by atoms with Gasteiger partial charge < -0.3 is 16.4 Å². The second-order valence-corrected chi connectivity index (χ2v) is 4.91. The highest BCUT2D eigenvalue weighted by Gasteiger charge is 2.20. The van der Waals surface area contributed by atoms with Crippen molar-refractivity contribution in [2.75, 3.05) is 34.4 Å². The Morgan fingerprint density at radius 1 is 1.47 bits per heavy atom. The van der Waals surface area contributed by atoms with Crippen LogP contribution < -0.4 is 16.4 Å². The van der Waals surface area contributed by atoms with Crippen molar-refractivity contribution < 1.29 is 0 Å². The summed E-state index contributed by atoms with van der Waals surface area (Å²) in [5, 5.41) is 0. The van der Waals surface area contributed by atoms with E-state index in [0.29, 0.717) is 17.5 Å². The average molecular weight is 224 g/mol. The SMILES string of the molecule is CC1CSCCN1c1ccc(N)c(N)n1. The van der Waals surface area contributed by atoms with E-state index in [1.807, 2.05) is 23.9 Å².